The van der Waals surface area contributed by atoms with E-state index >= 15 is 0 Å². The zero-order valence-corrected chi connectivity index (χ0v) is 16.3. The SMILES string of the molecule is CCOC(=O)CCCCCC[N+]1=C(C)C(C)(C)c2cc(C(=O)O)ccc21. The smallest absolute Gasteiger partial charge is 0.335 e. The summed E-state index contributed by atoms with van der Waals surface area (Å²) in [4.78, 5) is 22.6. The highest BCUT2D eigenvalue weighted by atomic mass is 16.5. The Balaban J connectivity index is 1.95. The summed E-state index contributed by atoms with van der Waals surface area (Å²) in [5.74, 6) is -0.998. The number of esters is 1. The van der Waals surface area contributed by atoms with Crippen LogP contribution in [0.2, 0.25) is 0 Å². The number of hydrogen-bond acceptors (Lipinski definition) is 3. The molecule has 0 saturated carbocycles. The fourth-order valence-corrected chi connectivity index (χ4v) is 3.53. The van der Waals surface area contributed by atoms with Gasteiger partial charge in [0.05, 0.1) is 17.6 Å². The van der Waals surface area contributed by atoms with Crippen LogP contribution < -0.4 is 0 Å². The van der Waals surface area contributed by atoms with Crippen LogP contribution in [0, 0.1) is 0 Å². The number of ether oxygens (including phenoxy) is 1. The molecule has 26 heavy (non-hydrogen) atoms. The Labute approximate surface area is 155 Å². The molecule has 142 valence electrons. The monoisotopic (exact) mass is 360 g/mol. The Hall–Kier alpha value is -2.17. The molecule has 0 fully saturated rings. The number of fused-ring (bicyclic) bond motifs is 1. The maximum absolute atomic E-state index is 11.3. The van der Waals surface area contributed by atoms with Gasteiger partial charge >= 0.3 is 11.9 Å². The second-order valence-corrected chi connectivity index (χ2v) is 7.37. The number of nitrogens with zero attached hydrogens (tertiary/aromatic N) is 1. The van der Waals surface area contributed by atoms with Crippen LogP contribution in [0.5, 0.6) is 0 Å². The number of unbranched alkanes of at least 4 members (excludes halogenated alkanes) is 3. The molecule has 0 unspecified atom stereocenters. The van der Waals surface area contributed by atoms with Crippen molar-refractivity contribution in [2.75, 3.05) is 13.2 Å². The molecule has 1 aliphatic rings. The third kappa shape index (κ3) is 4.32. The molecule has 1 N–H and O–H groups in total. The van der Waals surface area contributed by atoms with Gasteiger partial charge in [0.2, 0.25) is 5.69 Å². The van der Waals surface area contributed by atoms with Gasteiger partial charge in [0, 0.05) is 31.4 Å². The van der Waals surface area contributed by atoms with Crippen molar-refractivity contribution < 1.29 is 24.0 Å². The number of hydrogen-bond donors (Lipinski definition) is 1. The van der Waals surface area contributed by atoms with E-state index in [1.54, 1.807) is 12.1 Å². The average molecular weight is 360 g/mol. The van der Waals surface area contributed by atoms with Gasteiger partial charge in [-0.05, 0) is 45.7 Å². The second-order valence-electron chi connectivity index (χ2n) is 7.37. The van der Waals surface area contributed by atoms with E-state index < -0.39 is 5.97 Å². The molecule has 5 heteroatoms. The summed E-state index contributed by atoms with van der Waals surface area (Å²) in [6, 6.07) is 5.42. The highest BCUT2D eigenvalue weighted by Gasteiger charge is 2.43. The van der Waals surface area contributed by atoms with Crippen LogP contribution in [0.15, 0.2) is 18.2 Å². The molecule has 0 bridgehead atoms. The fraction of sp³-hybridized carbons (Fsp3) is 0.571. The first-order valence-electron chi connectivity index (χ1n) is 9.44. The van der Waals surface area contributed by atoms with Gasteiger partial charge in [0.25, 0.3) is 0 Å². The number of carboxylic acids is 1. The van der Waals surface area contributed by atoms with Gasteiger partial charge in [-0.3, -0.25) is 4.79 Å². The van der Waals surface area contributed by atoms with E-state index in [4.69, 9.17) is 4.74 Å². The van der Waals surface area contributed by atoms with Crippen LogP contribution in [0.25, 0.3) is 0 Å². The first kappa shape index (κ1) is 20.1. The normalized spacial score (nSPS) is 15.1. The van der Waals surface area contributed by atoms with Crippen molar-refractivity contribution in [2.45, 2.75) is 65.2 Å². The first-order valence-corrected chi connectivity index (χ1v) is 9.44. The summed E-state index contributed by atoms with van der Waals surface area (Å²) in [5, 5.41) is 9.26. The molecule has 0 saturated heterocycles. The van der Waals surface area contributed by atoms with Crippen molar-refractivity contribution in [1.82, 2.24) is 0 Å². The van der Waals surface area contributed by atoms with Crippen molar-refractivity contribution in [3.63, 3.8) is 0 Å². The van der Waals surface area contributed by atoms with E-state index in [2.05, 4.69) is 25.3 Å². The van der Waals surface area contributed by atoms with Crippen molar-refractivity contribution in [3.05, 3.63) is 29.3 Å². The zero-order chi connectivity index (χ0) is 19.3. The van der Waals surface area contributed by atoms with Gasteiger partial charge in [0.1, 0.15) is 6.54 Å². The molecule has 0 aromatic heterocycles. The molecular weight excluding hydrogens is 330 g/mol. The summed E-state index contributed by atoms with van der Waals surface area (Å²) in [6.45, 7) is 9.60. The number of rotatable bonds is 9. The van der Waals surface area contributed by atoms with E-state index in [1.807, 2.05) is 13.0 Å². The highest BCUT2D eigenvalue weighted by Crippen LogP contribution is 2.40. The summed E-state index contributed by atoms with van der Waals surface area (Å²) in [6.07, 6.45) is 4.48. The topological polar surface area (TPSA) is 66.6 Å². The molecule has 1 aromatic rings. The molecule has 5 nitrogen and oxygen atoms in total. The van der Waals surface area contributed by atoms with Crippen LogP contribution >= 0.6 is 0 Å². The highest BCUT2D eigenvalue weighted by molar-refractivity contribution is 5.95. The molecule has 2 rings (SSSR count). The van der Waals surface area contributed by atoms with Crippen molar-refractivity contribution in [1.29, 1.82) is 0 Å². The molecule has 1 aromatic carbocycles. The minimum atomic E-state index is -0.888. The first-order chi connectivity index (χ1) is 12.3. The van der Waals surface area contributed by atoms with Crippen molar-refractivity contribution in [2.24, 2.45) is 0 Å². The van der Waals surface area contributed by atoms with Gasteiger partial charge in [-0.15, -0.1) is 0 Å². The minimum Gasteiger partial charge on any atom is -0.478 e. The number of benzene rings is 1. The predicted molar refractivity (Wildman–Crippen MR) is 102 cm³/mol. The number of carboxylic acid groups (broad SMARTS) is 1. The Morgan fingerprint density at radius 2 is 1.85 bits per heavy atom. The van der Waals surface area contributed by atoms with Gasteiger partial charge in [-0.25, -0.2) is 4.79 Å². The summed E-state index contributed by atoms with van der Waals surface area (Å²) < 4.78 is 7.25. The van der Waals surface area contributed by atoms with Crippen molar-refractivity contribution in [3.8, 4) is 0 Å². The molecule has 0 aliphatic carbocycles. The maximum atomic E-state index is 11.3. The van der Waals surface area contributed by atoms with Crippen LogP contribution in [0.3, 0.4) is 0 Å². The van der Waals surface area contributed by atoms with Gasteiger partial charge < -0.3 is 9.84 Å². The lowest BCUT2D eigenvalue weighted by Gasteiger charge is -2.15. The standard InChI is InChI=1S/C21H29NO4/c1-5-26-19(23)10-8-6-7-9-13-22-15(2)21(3,4)17-14-16(20(24)25)11-12-18(17)22/h11-12,14H,5-10,13H2,1-4H3/p+1. The molecule has 1 heterocycles. The third-order valence-electron chi connectivity index (χ3n) is 5.33. The lowest BCUT2D eigenvalue weighted by Crippen LogP contribution is -2.26. The summed E-state index contributed by atoms with van der Waals surface area (Å²) >= 11 is 0. The fourth-order valence-electron chi connectivity index (χ4n) is 3.53. The van der Waals surface area contributed by atoms with Crippen LogP contribution in [-0.4, -0.2) is 40.5 Å². The van der Waals surface area contributed by atoms with Gasteiger partial charge in [0.15, 0.2) is 5.71 Å². The lowest BCUT2D eigenvalue weighted by molar-refractivity contribution is -0.439. The summed E-state index contributed by atoms with van der Waals surface area (Å²) in [7, 11) is 0. The number of carbonyl (C=O) groups is 2. The molecule has 1 aliphatic heterocycles. The van der Waals surface area contributed by atoms with E-state index in [0.717, 1.165) is 43.5 Å². The van der Waals surface area contributed by atoms with Gasteiger partial charge in [-0.2, -0.15) is 4.58 Å². The molecule has 0 atom stereocenters. The van der Waals surface area contributed by atoms with E-state index in [9.17, 15) is 14.7 Å². The van der Waals surface area contributed by atoms with Crippen LogP contribution in [-0.2, 0) is 14.9 Å². The molecule has 0 radical (unpaired) electrons. The molecule has 0 spiro atoms. The third-order valence-corrected chi connectivity index (χ3v) is 5.33. The molecular formula is C21H30NO4+. The van der Waals surface area contributed by atoms with Crippen molar-refractivity contribution >= 4 is 23.3 Å². The van der Waals surface area contributed by atoms with Gasteiger partial charge in [-0.1, -0.05) is 6.42 Å². The lowest BCUT2D eigenvalue weighted by atomic mass is 9.81. The second kappa shape index (κ2) is 8.47. The van der Waals surface area contributed by atoms with E-state index in [0.29, 0.717) is 18.6 Å². The van der Waals surface area contributed by atoms with E-state index in [1.165, 1.54) is 5.71 Å². The quantitative estimate of drug-likeness (QED) is 0.405. The summed E-state index contributed by atoms with van der Waals surface area (Å²) in [5.41, 5.74) is 3.62. The number of aromatic carboxylic acids is 1. The van der Waals surface area contributed by atoms with E-state index in [-0.39, 0.29) is 11.4 Å². The maximum Gasteiger partial charge on any atom is 0.335 e. The van der Waals surface area contributed by atoms with Crippen LogP contribution in [0.1, 0.15) is 75.7 Å². The Kier molecular flexibility index (Phi) is 6.57. The number of carbonyl (C=O) groups excluding carboxylic acids is 1. The zero-order valence-electron chi connectivity index (χ0n) is 16.3. The Morgan fingerprint density at radius 1 is 1.15 bits per heavy atom. The molecule has 0 amide bonds. The predicted octanol–water partition coefficient (Wildman–Crippen LogP) is 4.29. The Morgan fingerprint density at radius 3 is 2.50 bits per heavy atom. The Bertz CT molecular complexity index is 719. The minimum absolute atomic E-state index is 0.110. The van der Waals surface area contributed by atoms with Crippen LogP contribution in [0.4, 0.5) is 5.69 Å². The largest absolute Gasteiger partial charge is 0.478 e. The average Bonchev–Trinajstić information content (AvgIpc) is 2.78.